The highest BCUT2D eigenvalue weighted by molar-refractivity contribution is 5.28. The molecule has 4 heteroatoms. The highest BCUT2D eigenvalue weighted by Crippen LogP contribution is 2.22. The molecule has 0 atom stereocenters. The molecule has 1 aromatic carbocycles. The van der Waals surface area contributed by atoms with Crippen LogP contribution < -0.4 is 4.74 Å². The zero-order chi connectivity index (χ0) is 16.9. The lowest BCUT2D eigenvalue weighted by molar-refractivity contribution is 0.260. The number of benzene rings is 1. The van der Waals surface area contributed by atoms with E-state index >= 15 is 0 Å². The van der Waals surface area contributed by atoms with E-state index in [2.05, 4.69) is 28.1 Å². The molecule has 3 heterocycles. The van der Waals surface area contributed by atoms with Crippen molar-refractivity contribution in [2.75, 3.05) is 6.54 Å². The second kappa shape index (κ2) is 7.53. The summed E-state index contributed by atoms with van der Waals surface area (Å²) in [5.41, 5.74) is 3.57. The Morgan fingerprint density at radius 3 is 2.84 bits per heavy atom. The largest absolute Gasteiger partial charge is 0.487 e. The van der Waals surface area contributed by atoms with Crippen molar-refractivity contribution in [3.63, 3.8) is 0 Å². The first-order valence-corrected chi connectivity index (χ1v) is 8.76. The minimum absolute atomic E-state index is 0.496. The molecule has 0 fully saturated rings. The molecule has 1 aliphatic rings. The van der Waals surface area contributed by atoms with E-state index in [0.29, 0.717) is 6.61 Å². The molecular formula is C21H22N2O2. The molecule has 0 bridgehead atoms. The van der Waals surface area contributed by atoms with Gasteiger partial charge in [-0.25, -0.2) is 0 Å². The molecule has 0 amide bonds. The van der Waals surface area contributed by atoms with Crippen LogP contribution >= 0.6 is 0 Å². The zero-order valence-electron chi connectivity index (χ0n) is 14.2. The van der Waals surface area contributed by atoms with E-state index in [1.807, 2.05) is 36.6 Å². The van der Waals surface area contributed by atoms with Crippen molar-refractivity contribution in [2.24, 2.45) is 0 Å². The third-order valence-corrected chi connectivity index (χ3v) is 4.55. The highest BCUT2D eigenvalue weighted by Gasteiger charge is 2.16. The van der Waals surface area contributed by atoms with Crippen molar-refractivity contribution < 1.29 is 9.15 Å². The molecule has 0 saturated carbocycles. The molecule has 0 N–H and O–H groups in total. The average molecular weight is 334 g/mol. The predicted octanol–water partition coefficient (Wildman–Crippen LogP) is 4.20. The number of furan rings is 1. The Hall–Kier alpha value is -2.59. The zero-order valence-corrected chi connectivity index (χ0v) is 14.2. The fourth-order valence-corrected chi connectivity index (χ4v) is 3.24. The minimum Gasteiger partial charge on any atom is -0.487 e. The van der Waals surface area contributed by atoms with Crippen LogP contribution in [0.4, 0.5) is 0 Å². The number of aromatic nitrogens is 1. The van der Waals surface area contributed by atoms with Crippen LogP contribution in [-0.4, -0.2) is 16.4 Å². The summed E-state index contributed by atoms with van der Waals surface area (Å²) in [6.45, 7) is 3.51. The summed E-state index contributed by atoms with van der Waals surface area (Å²) < 4.78 is 11.4. The van der Waals surface area contributed by atoms with Gasteiger partial charge in [-0.2, -0.15) is 0 Å². The maximum atomic E-state index is 5.80. The molecule has 4 rings (SSSR count). The van der Waals surface area contributed by atoms with Gasteiger partial charge in [-0.05, 0) is 48.9 Å². The van der Waals surface area contributed by atoms with Gasteiger partial charge in [-0.1, -0.05) is 18.2 Å². The molecule has 4 nitrogen and oxygen atoms in total. The Labute approximate surface area is 148 Å². The molecule has 2 aromatic heterocycles. The van der Waals surface area contributed by atoms with Crippen LogP contribution in [0.5, 0.6) is 5.75 Å². The molecule has 1 aliphatic heterocycles. The van der Waals surface area contributed by atoms with E-state index < -0.39 is 0 Å². The van der Waals surface area contributed by atoms with Crippen molar-refractivity contribution in [1.29, 1.82) is 0 Å². The average Bonchev–Trinajstić information content (AvgIpc) is 3.00. The summed E-state index contributed by atoms with van der Waals surface area (Å²) in [5, 5.41) is 0. The molecule has 0 radical (unpaired) electrons. The van der Waals surface area contributed by atoms with Crippen LogP contribution in [0, 0.1) is 0 Å². The first-order valence-electron chi connectivity index (χ1n) is 8.76. The third kappa shape index (κ3) is 4.09. The maximum absolute atomic E-state index is 5.80. The van der Waals surface area contributed by atoms with Crippen LogP contribution in [0.2, 0.25) is 0 Å². The van der Waals surface area contributed by atoms with Crippen molar-refractivity contribution in [3.8, 4) is 5.75 Å². The monoisotopic (exact) mass is 334 g/mol. The summed E-state index contributed by atoms with van der Waals surface area (Å²) in [5.74, 6) is 2.03. The van der Waals surface area contributed by atoms with E-state index in [1.54, 1.807) is 6.20 Å². The van der Waals surface area contributed by atoms with Crippen molar-refractivity contribution in [3.05, 3.63) is 83.6 Å². The SMILES string of the molecule is c1ccc(COc2ccc(CN3CCCc4occc4C3)cc2)nc1. The number of rotatable bonds is 5. The second-order valence-electron chi connectivity index (χ2n) is 6.44. The van der Waals surface area contributed by atoms with Gasteiger partial charge < -0.3 is 9.15 Å². The van der Waals surface area contributed by atoms with Gasteiger partial charge in [0.15, 0.2) is 0 Å². The van der Waals surface area contributed by atoms with Crippen LogP contribution in [0.3, 0.4) is 0 Å². The summed E-state index contributed by atoms with van der Waals surface area (Å²) in [6.07, 6.45) is 5.78. The quantitative estimate of drug-likeness (QED) is 0.701. The molecule has 0 saturated heterocycles. The smallest absolute Gasteiger partial charge is 0.130 e. The molecule has 25 heavy (non-hydrogen) atoms. The molecule has 3 aromatic rings. The normalized spacial score (nSPS) is 14.7. The molecule has 0 aliphatic carbocycles. The standard InChI is InChI=1S/C21H22N2O2/c1-2-11-22-19(4-1)16-25-20-8-6-17(7-9-20)14-23-12-3-5-21-18(15-23)10-13-24-21/h1-2,4,6-11,13H,3,5,12,14-16H2. The number of fused-ring (bicyclic) bond motifs is 1. The molecular weight excluding hydrogens is 312 g/mol. The van der Waals surface area contributed by atoms with Gasteiger partial charge in [-0.15, -0.1) is 0 Å². The van der Waals surface area contributed by atoms with E-state index in [-0.39, 0.29) is 0 Å². The summed E-state index contributed by atoms with van der Waals surface area (Å²) >= 11 is 0. The highest BCUT2D eigenvalue weighted by atomic mass is 16.5. The summed E-state index contributed by atoms with van der Waals surface area (Å²) in [6, 6.07) is 16.3. The Morgan fingerprint density at radius 2 is 2.00 bits per heavy atom. The van der Waals surface area contributed by atoms with Gasteiger partial charge in [0, 0.05) is 31.3 Å². The summed E-state index contributed by atoms with van der Waals surface area (Å²) in [7, 11) is 0. The van der Waals surface area contributed by atoms with Crippen molar-refractivity contribution in [2.45, 2.75) is 32.5 Å². The number of hydrogen-bond donors (Lipinski definition) is 0. The van der Waals surface area contributed by atoms with Crippen molar-refractivity contribution >= 4 is 0 Å². The van der Waals surface area contributed by atoms with Gasteiger partial charge in [-0.3, -0.25) is 9.88 Å². The predicted molar refractivity (Wildman–Crippen MR) is 96.2 cm³/mol. The van der Waals surface area contributed by atoms with Gasteiger partial charge in [0.2, 0.25) is 0 Å². The first kappa shape index (κ1) is 15.9. The lowest BCUT2D eigenvalue weighted by Gasteiger charge is -2.20. The number of ether oxygens (including phenoxy) is 1. The van der Waals surface area contributed by atoms with Crippen LogP contribution in [0.15, 0.2) is 65.4 Å². The lowest BCUT2D eigenvalue weighted by atomic mass is 10.2. The Bertz CT molecular complexity index is 796. The van der Waals surface area contributed by atoms with Gasteiger partial charge in [0.25, 0.3) is 0 Å². The first-order chi connectivity index (χ1) is 12.4. The number of hydrogen-bond acceptors (Lipinski definition) is 4. The Morgan fingerprint density at radius 1 is 1.08 bits per heavy atom. The Kier molecular flexibility index (Phi) is 4.79. The molecule has 0 spiro atoms. The third-order valence-electron chi connectivity index (χ3n) is 4.55. The Balaban J connectivity index is 1.34. The number of aryl methyl sites for hydroxylation is 1. The van der Waals surface area contributed by atoms with Crippen LogP contribution in [-0.2, 0) is 26.1 Å². The van der Waals surface area contributed by atoms with Crippen molar-refractivity contribution in [1.82, 2.24) is 9.88 Å². The molecule has 0 unspecified atom stereocenters. The second-order valence-corrected chi connectivity index (χ2v) is 6.44. The fraction of sp³-hybridized carbons (Fsp3) is 0.286. The molecule has 128 valence electrons. The fourth-order valence-electron chi connectivity index (χ4n) is 3.24. The minimum atomic E-state index is 0.496. The van der Waals surface area contributed by atoms with E-state index in [4.69, 9.17) is 9.15 Å². The van der Waals surface area contributed by atoms with Crippen LogP contribution in [0.1, 0.15) is 29.0 Å². The topological polar surface area (TPSA) is 38.5 Å². The number of nitrogens with zero attached hydrogens (tertiary/aromatic N) is 2. The van der Waals surface area contributed by atoms with E-state index in [9.17, 15) is 0 Å². The number of pyridine rings is 1. The lowest BCUT2D eigenvalue weighted by Crippen LogP contribution is -2.22. The maximum Gasteiger partial charge on any atom is 0.130 e. The van der Waals surface area contributed by atoms with Gasteiger partial charge >= 0.3 is 0 Å². The van der Waals surface area contributed by atoms with Gasteiger partial charge in [0.1, 0.15) is 18.1 Å². The van der Waals surface area contributed by atoms with E-state index in [1.165, 1.54) is 11.1 Å². The summed E-state index contributed by atoms with van der Waals surface area (Å²) in [4.78, 5) is 6.75. The van der Waals surface area contributed by atoms with E-state index in [0.717, 1.165) is 49.7 Å². The van der Waals surface area contributed by atoms with Crippen LogP contribution in [0.25, 0.3) is 0 Å². The van der Waals surface area contributed by atoms with Gasteiger partial charge in [0.05, 0.1) is 12.0 Å².